The summed E-state index contributed by atoms with van der Waals surface area (Å²) >= 11 is 0. The van der Waals surface area contributed by atoms with Gasteiger partial charge < -0.3 is 19.4 Å². The summed E-state index contributed by atoms with van der Waals surface area (Å²) in [7, 11) is 1.65. The number of hydrogen-bond acceptors (Lipinski definition) is 3. The first-order valence-corrected chi connectivity index (χ1v) is 9.83. The molecule has 1 amide bonds. The van der Waals surface area contributed by atoms with Gasteiger partial charge in [0.25, 0.3) is 0 Å². The monoisotopic (exact) mass is 396 g/mol. The van der Waals surface area contributed by atoms with Gasteiger partial charge in [-0.2, -0.15) is 0 Å². The zero-order valence-electron chi connectivity index (χ0n) is 16.5. The molecule has 1 aliphatic heterocycles. The molecular weight excluding hydrogens is 371 g/mol. The predicted molar refractivity (Wildman–Crippen MR) is 110 cm³/mol. The molecule has 2 heterocycles. The highest BCUT2D eigenvalue weighted by Crippen LogP contribution is 2.35. The van der Waals surface area contributed by atoms with E-state index in [4.69, 9.17) is 9.47 Å². The molecule has 1 aromatic heterocycles. The number of rotatable bonds is 6. The van der Waals surface area contributed by atoms with Crippen LogP contribution in [-0.4, -0.2) is 37.3 Å². The average molecular weight is 396 g/mol. The molecule has 0 unspecified atom stereocenters. The van der Waals surface area contributed by atoms with Gasteiger partial charge in [-0.1, -0.05) is 12.1 Å². The highest BCUT2D eigenvalue weighted by Gasteiger charge is 2.34. The minimum Gasteiger partial charge on any atom is -0.497 e. The average Bonchev–Trinajstić information content (AvgIpc) is 3.15. The van der Waals surface area contributed by atoms with Crippen LogP contribution >= 0.6 is 0 Å². The largest absolute Gasteiger partial charge is 0.497 e. The fourth-order valence-corrected chi connectivity index (χ4v) is 4.05. The topological polar surface area (TPSA) is 52.5 Å². The molecule has 0 radical (unpaired) electrons. The van der Waals surface area contributed by atoms with Crippen LogP contribution in [0.15, 0.2) is 54.7 Å². The molecule has 1 aliphatic rings. The molecule has 0 atom stereocenters. The van der Waals surface area contributed by atoms with Crippen molar-refractivity contribution in [2.24, 2.45) is 0 Å². The molecule has 0 spiro atoms. The minimum absolute atomic E-state index is 0.0915. The third-order valence-electron chi connectivity index (χ3n) is 5.83. The molecule has 1 fully saturated rings. The quantitative estimate of drug-likeness (QED) is 0.692. The van der Waals surface area contributed by atoms with Crippen LogP contribution in [0, 0.1) is 5.82 Å². The van der Waals surface area contributed by atoms with Crippen molar-refractivity contribution in [1.29, 1.82) is 0 Å². The van der Waals surface area contributed by atoms with Crippen molar-refractivity contribution < 1.29 is 18.7 Å². The number of halogens is 1. The van der Waals surface area contributed by atoms with Gasteiger partial charge in [-0.25, -0.2) is 4.39 Å². The van der Waals surface area contributed by atoms with Crippen molar-refractivity contribution in [3.05, 3.63) is 66.1 Å². The smallest absolute Gasteiger partial charge is 0.239 e. The van der Waals surface area contributed by atoms with Crippen molar-refractivity contribution >= 4 is 16.8 Å². The Hall–Kier alpha value is -2.86. The molecule has 2 aromatic carbocycles. The number of benzene rings is 2. The van der Waals surface area contributed by atoms with Crippen molar-refractivity contribution in [2.45, 2.75) is 24.8 Å². The predicted octanol–water partition coefficient (Wildman–Crippen LogP) is 3.65. The van der Waals surface area contributed by atoms with Crippen molar-refractivity contribution in [3.63, 3.8) is 0 Å². The second-order valence-electron chi connectivity index (χ2n) is 7.54. The second kappa shape index (κ2) is 8.25. The minimum atomic E-state index is -0.307. The van der Waals surface area contributed by atoms with Crippen LogP contribution in [-0.2, 0) is 21.5 Å². The number of hydrogen-bond donors (Lipinski definition) is 1. The molecule has 1 N–H and O–H groups in total. The molecule has 6 heteroatoms. The molecule has 4 rings (SSSR count). The van der Waals surface area contributed by atoms with Crippen molar-refractivity contribution in [1.82, 2.24) is 9.88 Å². The van der Waals surface area contributed by atoms with E-state index in [2.05, 4.69) is 17.4 Å². The van der Waals surface area contributed by atoms with Crippen LogP contribution in [0.25, 0.3) is 10.9 Å². The summed E-state index contributed by atoms with van der Waals surface area (Å²) in [5, 5.41) is 4.01. The van der Waals surface area contributed by atoms with Crippen molar-refractivity contribution in [2.75, 3.05) is 26.9 Å². The van der Waals surface area contributed by atoms with Gasteiger partial charge in [-0.05, 0) is 60.2 Å². The van der Waals surface area contributed by atoms with Gasteiger partial charge in [0.1, 0.15) is 18.1 Å². The summed E-state index contributed by atoms with van der Waals surface area (Å²) in [4.78, 5) is 12.7. The SMILES string of the molecule is COc1ccc(C2(CNC(=O)Cn3ccc4ccc(F)cc43)CCOCC2)cc1. The van der Waals surface area contributed by atoms with Gasteiger partial charge >= 0.3 is 0 Å². The lowest BCUT2D eigenvalue weighted by Crippen LogP contribution is -2.45. The third kappa shape index (κ3) is 4.12. The van der Waals surface area contributed by atoms with E-state index in [0.717, 1.165) is 29.5 Å². The Balaban J connectivity index is 1.48. The number of carbonyl (C=O) groups is 1. The fourth-order valence-electron chi connectivity index (χ4n) is 4.05. The lowest BCUT2D eigenvalue weighted by molar-refractivity contribution is -0.122. The Kier molecular flexibility index (Phi) is 5.53. The van der Waals surface area contributed by atoms with E-state index in [1.165, 1.54) is 17.7 Å². The number of nitrogens with zero attached hydrogens (tertiary/aromatic N) is 1. The Morgan fingerprint density at radius 2 is 1.93 bits per heavy atom. The number of carbonyl (C=O) groups excluding carboxylic acids is 1. The molecule has 0 aliphatic carbocycles. The number of nitrogens with one attached hydrogen (secondary N) is 1. The summed E-state index contributed by atoms with van der Waals surface area (Å²) in [6.45, 7) is 2.03. The van der Waals surface area contributed by atoms with Crippen LogP contribution < -0.4 is 10.1 Å². The number of methoxy groups -OCH3 is 1. The highest BCUT2D eigenvalue weighted by atomic mass is 19.1. The molecule has 5 nitrogen and oxygen atoms in total. The molecule has 3 aromatic rings. The first-order valence-electron chi connectivity index (χ1n) is 9.83. The summed E-state index contributed by atoms with van der Waals surface area (Å²) in [6, 6.07) is 14.5. The van der Waals surface area contributed by atoms with E-state index >= 15 is 0 Å². The lowest BCUT2D eigenvalue weighted by atomic mass is 9.74. The van der Waals surface area contributed by atoms with E-state index in [9.17, 15) is 9.18 Å². The van der Waals surface area contributed by atoms with Gasteiger partial charge in [0.05, 0.1) is 12.6 Å². The molecule has 29 heavy (non-hydrogen) atoms. The maximum atomic E-state index is 13.6. The van der Waals surface area contributed by atoms with Crippen LogP contribution in [0.3, 0.4) is 0 Å². The van der Waals surface area contributed by atoms with Crippen LogP contribution in [0.5, 0.6) is 5.75 Å². The molecule has 0 bridgehead atoms. The molecule has 152 valence electrons. The fraction of sp³-hybridized carbons (Fsp3) is 0.348. The Bertz CT molecular complexity index is 991. The third-order valence-corrected chi connectivity index (χ3v) is 5.83. The Morgan fingerprint density at radius 3 is 2.66 bits per heavy atom. The van der Waals surface area contributed by atoms with E-state index in [-0.39, 0.29) is 23.7 Å². The number of ether oxygens (including phenoxy) is 2. The standard InChI is InChI=1S/C23H25FN2O3/c1-28-20-6-3-18(4-7-20)23(9-12-29-13-10-23)16-25-22(27)15-26-11-8-17-2-5-19(24)14-21(17)26/h2-8,11,14H,9-10,12-13,15-16H2,1H3,(H,25,27). The zero-order valence-corrected chi connectivity index (χ0v) is 16.5. The number of fused-ring (bicyclic) bond motifs is 1. The lowest BCUT2D eigenvalue weighted by Gasteiger charge is -2.38. The summed E-state index contributed by atoms with van der Waals surface area (Å²) < 4.78 is 26.2. The summed E-state index contributed by atoms with van der Waals surface area (Å²) in [6.07, 6.45) is 3.51. The van der Waals surface area contributed by atoms with E-state index in [1.54, 1.807) is 17.7 Å². The summed E-state index contributed by atoms with van der Waals surface area (Å²) in [5.41, 5.74) is 1.73. The normalized spacial score (nSPS) is 15.9. The summed E-state index contributed by atoms with van der Waals surface area (Å²) in [5.74, 6) is 0.413. The molecular formula is C23H25FN2O3. The second-order valence-corrected chi connectivity index (χ2v) is 7.54. The van der Waals surface area contributed by atoms with E-state index in [1.807, 2.05) is 24.4 Å². The number of amides is 1. The van der Waals surface area contributed by atoms with Gasteiger partial charge in [0.15, 0.2) is 0 Å². The molecule has 0 saturated carbocycles. The van der Waals surface area contributed by atoms with Crippen molar-refractivity contribution in [3.8, 4) is 5.75 Å². The van der Waals surface area contributed by atoms with Gasteiger partial charge in [0, 0.05) is 31.4 Å². The Morgan fingerprint density at radius 1 is 1.17 bits per heavy atom. The van der Waals surface area contributed by atoms with E-state index in [0.29, 0.717) is 19.8 Å². The Labute approximate surface area is 169 Å². The number of aromatic nitrogens is 1. The van der Waals surface area contributed by atoms with Crippen LogP contribution in [0.4, 0.5) is 4.39 Å². The first kappa shape index (κ1) is 19.5. The van der Waals surface area contributed by atoms with E-state index < -0.39 is 0 Å². The zero-order chi connectivity index (χ0) is 20.3. The maximum absolute atomic E-state index is 13.6. The van der Waals surface area contributed by atoms with Crippen LogP contribution in [0.2, 0.25) is 0 Å². The van der Waals surface area contributed by atoms with Crippen LogP contribution in [0.1, 0.15) is 18.4 Å². The maximum Gasteiger partial charge on any atom is 0.239 e. The highest BCUT2D eigenvalue weighted by molar-refractivity contribution is 5.83. The van der Waals surface area contributed by atoms with Gasteiger partial charge in [-0.15, -0.1) is 0 Å². The van der Waals surface area contributed by atoms with Gasteiger partial charge in [-0.3, -0.25) is 4.79 Å². The molecule has 1 saturated heterocycles. The van der Waals surface area contributed by atoms with Gasteiger partial charge in [0.2, 0.25) is 5.91 Å². The first-order chi connectivity index (χ1) is 14.1.